The van der Waals surface area contributed by atoms with Crippen LogP contribution in [0.4, 0.5) is 4.79 Å². The van der Waals surface area contributed by atoms with Gasteiger partial charge in [0.2, 0.25) is 5.91 Å². The SMILES string of the molecule is C#CCN(C)C(=O)OCc1cccc2n[nH]c([C@@H](COCc3ccccc3)NC(=O)C(C)(C)N)c12. The average Bonchev–Trinajstić information content (AvgIpc) is 3.26. The van der Waals surface area contributed by atoms with E-state index in [9.17, 15) is 9.59 Å². The number of carbonyl (C=O) groups is 2. The second-order valence-corrected chi connectivity index (χ2v) is 8.81. The first-order valence-corrected chi connectivity index (χ1v) is 11.2. The largest absolute Gasteiger partial charge is 0.445 e. The van der Waals surface area contributed by atoms with Crippen molar-refractivity contribution in [3.8, 4) is 12.3 Å². The Hall–Kier alpha value is -3.87. The zero-order valence-electron chi connectivity index (χ0n) is 20.2. The number of ether oxygens (including phenoxy) is 2. The van der Waals surface area contributed by atoms with Crippen molar-refractivity contribution in [3.05, 3.63) is 65.4 Å². The van der Waals surface area contributed by atoms with Gasteiger partial charge >= 0.3 is 6.09 Å². The number of H-pyrrole nitrogens is 1. The number of aromatic amines is 1. The van der Waals surface area contributed by atoms with E-state index in [-0.39, 0.29) is 25.7 Å². The summed E-state index contributed by atoms with van der Waals surface area (Å²) in [5, 5.41) is 11.1. The van der Waals surface area contributed by atoms with Gasteiger partial charge in [-0.05, 0) is 25.5 Å². The van der Waals surface area contributed by atoms with Crippen molar-refractivity contribution in [2.45, 2.75) is 38.6 Å². The van der Waals surface area contributed by atoms with E-state index in [2.05, 4.69) is 21.4 Å². The molecule has 0 aliphatic rings. The van der Waals surface area contributed by atoms with Gasteiger partial charge in [0.15, 0.2) is 0 Å². The van der Waals surface area contributed by atoms with Crippen molar-refractivity contribution in [3.63, 3.8) is 0 Å². The molecular formula is C26H31N5O4. The highest BCUT2D eigenvalue weighted by Crippen LogP contribution is 2.27. The summed E-state index contributed by atoms with van der Waals surface area (Å²) in [4.78, 5) is 26.3. The molecule has 0 unspecified atom stereocenters. The molecule has 35 heavy (non-hydrogen) atoms. The molecule has 0 saturated carbocycles. The van der Waals surface area contributed by atoms with Crippen LogP contribution in [0, 0.1) is 12.3 Å². The Labute approximate surface area is 205 Å². The summed E-state index contributed by atoms with van der Waals surface area (Å²) in [5.74, 6) is 2.06. The highest BCUT2D eigenvalue weighted by atomic mass is 16.6. The van der Waals surface area contributed by atoms with E-state index in [1.807, 2.05) is 48.5 Å². The minimum Gasteiger partial charge on any atom is -0.445 e. The molecule has 1 heterocycles. The Kier molecular flexibility index (Phi) is 8.47. The van der Waals surface area contributed by atoms with Gasteiger partial charge in [0.05, 0.1) is 42.5 Å². The molecule has 9 nitrogen and oxygen atoms in total. The molecule has 3 rings (SSSR count). The second kappa shape index (κ2) is 11.5. The van der Waals surface area contributed by atoms with E-state index in [1.165, 1.54) is 4.90 Å². The highest BCUT2D eigenvalue weighted by Gasteiger charge is 2.28. The lowest BCUT2D eigenvalue weighted by molar-refractivity contribution is -0.126. The van der Waals surface area contributed by atoms with Gasteiger partial charge in [0.25, 0.3) is 0 Å². The molecular weight excluding hydrogens is 446 g/mol. The van der Waals surface area contributed by atoms with Gasteiger partial charge in [-0.3, -0.25) is 9.89 Å². The number of terminal acetylenes is 1. The summed E-state index contributed by atoms with van der Waals surface area (Å²) in [5.41, 5.74) is 7.97. The fourth-order valence-electron chi connectivity index (χ4n) is 3.40. The van der Waals surface area contributed by atoms with Crippen molar-refractivity contribution < 1.29 is 19.1 Å². The van der Waals surface area contributed by atoms with E-state index in [4.69, 9.17) is 21.6 Å². The molecule has 0 radical (unpaired) electrons. The fraction of sp³-hybridized carbons (Fsp3) is 0.346. The van der Waals surface area contributed by atoms with Gasteiger partial charge in [0, 0.05) is 18.0 Å². The summed E-state index contributed by atoms with van der Waals surface area (Å²) in [7, 11) is 1.57. The van der Waals surface area contributed by atoms with E-state index >= 15 is 0 Å². The number of fused-ring (bicyclic) bond motifs is 1. The van der Waals surface area contributed by atoms with Crippen molar-refractivity contribution in [2.75, 3.05) is 20.2 Å². The van der Waals surface area contributed by atoms with Crippen LogP contribution >= 0.6 is 0 Å². The van der Waals surface area contributed by atoms with Crippen LogP contribution in [0.15, 0.2) is 48.5 Å². The molecule has 0 bridgehead atoms. The molecule has 2 aromatic carbocycles. The Balaban J connectivity index is 1.86. The Morgan fingerprint density at radius 3 is 2.63 bits per heavy atom. The quantitative estimate of drug-likeness (QED) is 0.386. The van der Waals surface area contributed by atoms with E-state index in [0.29, 0.717) is 17.8 Å². The maximum atomic E-state index is 12.8. The molecule has 0 spiro atoms. The molecule has 2 amide bonds. The van der Waals surface area contributed by atoms with Crippen LogP contribution in [0.2, 0.25) is 0 Å². The third-order valence-corrected chi connectivity index (χ3v) is 5.32. The number of amides is 2. The van der Waals surface area contributed by atoms with E-state index < -0.39 is 17.7 Å². The van der Waals surface area contributed by atoms with E-state index in [1.54, 1.807) is 20.9 Å². The predicted octanol–water partition coefficient (Wildman–Crippen LogP) is 2.88. The van der Waals surface area contributed by atoms with Crippen LogP contribution in [0.25, 0.3) is 10.9 Å². The lowest BCUT2D eigenvalue weighted by Gasteiger charge is -2.24. The molecule has 184 valence electrons. The standard InChI is InChI=1S/C26H31N5O4/c1-5-14-31(4)25(33)35-16-19-12-9-13-20-22(19)23(30-29-20)21(28-24(32)26(2,3)27)17-34-15-18-10-7-6-8-11-18/h1,6-13,21H,14-17,27H2,2-4H3,(H,28,32)(H,29,30)/t21-/m1/s1. The number of nitrogens with two attached hydrogens (primary N) is 1. The number of carbonyl (C=O) groups excluding carboxylic acids is 2. The zero-order valence-corrected chi connectivity index (χ0v) is 20.2. The van der Waals surface area contributed by atoms with Gasteiger partial charge in [0.1, 0.15) is 6.61 Å². The first-order chi connectivity index (χ1) is 16.7. The van der Waals surface area contributed by atoms with Gasteiger partial charge < -0.3 is 25.4 Å². The third-order valence-electron chi connectivity index (χ3n) is 5.32. The van der Waals surface area contributed by atoms with Crippen molar-refractivity contribution >= 4 is 22.9 Å². The molecule has 0 saturated heterocycles. The van der Waals surface area contributed by atoms with Crippen LogP contribution < -0.4 is 11.1 Å². The lowest BCUT2D eigenvalue weighted by Crippen LogP contribution is -2.50. The maximum absolute atomic E-state index is 12.8. The van der Waals surface area contributed by atoms with Crippen LogP contribution in [0.5, 0.6) is 0 Å². The summed E-state index contributed by atoms with van der Waals surface area (Å²) >= 11 is 0. The Bertz CT molecular complexity index is 1190. The van der Waals surface area contributed by atoms with Gasteiger partial charge in [-0.25, -0.2) is 4.79 Å². The van der Waals surface area contributed by atoms with Crippen molar-refractivity contribution in [1.82, 2.24) is 20.4 Å². The van der Waals surface area contributed by atoms with Crippen LogP contribution in [-0.4, -0.2) is 52.8 Å². The predicted molar refractivity (Wildman–Crippen MR) is 133 cm³/mol. The van der Waals surface area contributed by atoms with Gasteiger partial charge in [-0.1, -0.05) is 48.4 Å². The third kappa shape index (κ3) is 6.82. The van der Waals surface area contributed by atoms with Crippen LogP contribution in [0.3, 0.4) is 0 Å². The minimum absolute atomic E-state index is 0.00549. The molecule has 1 atom stereocenters. The monoisotopic (exact) mass is 477 g/mol. The smallest absolute Gasteiger partial charge is 0.410 e. The number of benzene rings is 2. The lowest BCUT2D eigenvalue weighted by atomic mass is 10.0. The fourth-order valence-corrected chi connectivity index (χ4v) is 3.40. The maximum Gasteiger partial charge on any atom is 0.410 e. The first-order valence-electron chi connectivity index (χ1n) is 11.2. The van der Waals surface area contributed by atoms with Crippen molar-refractivity contribution in [2.24, 2.45) is 5.73 Å². The molecule has 0 fully saturated rings. The van der Waals surface area contributed by atoms with Gasteiger partial charge in [-0.15, -0.1) is 6.42 Å². The average molecular weight is 478 g/mol. The van der Waals surface area contributed by atoms with Crippen molar-refractivity contribution in [1.29, 1.82) is 0 Å². The number of nitrogens with one attached hydrogen (secondary N) is 2. The van der Waals surface area contributed by atoms with Crippen LogP contribution in [-0.2, 0) is 27.5 Å². The highest BCUT2D eigenvalue weighted by molar-refractivity contribution is 5.88. The summed E-state index contributed by atoms with van der Waals surface area (Å²) in [6, 6.07) is 14.7. The zero-order chi connectivity index (χ0) is 25.4. The second-order valence-electron chi connectivity index (χ2n) is 8.81. The normalized spacial score (nSPS) is 12.1. The molecule has 3 aromatic rings. The number of aromatic nitrogens is 2. The number of rotatable bonds is 10. The Morgan fingerprint density at radius 2 is 1.94 bits per heavy atom. The van der Waals surface area contributed by atoms with Gasteiger partial charge in [-0.2, -0.15) is 5.10 Å². The number of nitrogens with zero attached hydrogens (tertiary/aromatic N) is 2. The number of hydrogen-bond donors (Lipinski definition) is 3. The number of hydrogen-bond acceptors (Lipinski definition) is 6. The molecule has 4 N–H and O–H groups in total. The van der Waals surface area contributed by atoms with Crippen LogP contribution in [0.1, 0.15) is 36.7 Å². The Morgan fingerprint density at radius 1 is 1.20 bits per heavy atom. The topological polar surface area (TPSA) is 123 Å². The summed E-state index contributed by atoms with van der Waals surface area (Å²) < 4.78 is 11.4. The minimum atomic E-state index is -1.09. The summed E-state index contributed by atoms with van der Waals surface area (Å²) in [6.07, 6.45) is 4.73. The molecule has 9 heteroatoms. The first kappa shape index (κ1) is 25.7. The van der Waals surface area contributed by atoms with E-state index in [0.717, 1.165) is 16.5 Å². The molecule has 0 aliphatic heterocycles. The molecule has 1 aromatic heterocycles. The summed E-state index contributed by atoms with van der Waals surface area (Å²) in [6.45, 7) is 3.96. The molecule has 0 aliphatic carbocycles.